The van der Waals surface area contributed by atoms with E-state index in [-0.39, 0.29) is 24.7 Å². The maximum Gasteiger partial charge on any atom is 0.243 e. The third-order valence-corrected chi connectivity index (χ3v) is 8.57. The fourth-order valence-electron chi connectivity index (χ4n) is 4.78. The van der Waals surface area contributed by atoms with Crippen LogP contribution in [0.2, 0.25) is 0 Å². The molecule has 0 saturated carbocycles. The highest BCUT2D eigenvalue weighted by atomic mass is 32.2. The third-order valence-electron chi connectivity index (χ3n) is 6.67. The number of carbonyl (C=O) groups is 2. The van der Waals surface area contributed by atoms with Crippen LogP contribution < -0.4 is 4.90 Å². The van der Waals surface area contributed by atoms with Gasteiger partial charge in [0.25, 0.3) is 0 Å². The molecular formula is C23H34N4O5S. The van der Waals surface area contributed by atoms with Crippen molar-refractivity contribution < 1.29 is 22.7 Å². The summed E-state index contributed by atoms with van der Waals surface area (Å²) in [4.78, 5) is 31.2. The van der Waals surface area contributed by atoms with Gasteiger partial charge in [0.2, 0.25) is 21.8 Å². The van der Waals surface area contributed by atoms with Crippen molar-refractivity contribution in [3.63, 3.8) is 0 Å². The van der Waals surface area contributed by atoms with Gasteiger partial charge >= 0.3 is 0 Å². The first-order valence-corrected chi connectivity index (χ1v) is 13.4. The van der Waals surface area contributed by atoms with Crippen LogP contribution in [0.4, 0.5) is 5.69 Å². The second-order valence-electron chi connectivity index (χ2n) is 8.82. The van der Waals surface area contributed by atoms with Crippen molar-refractivity contribution in [2.45, 2.75) is 37.5 Å². The number of hydrogen-bond donors (Lipinski definition) is 0. The highest BCUT2D eigenvalue weighted by Crippen LogP contribution is 2.32. The van der Waals surface area contributed by atoms with Crippen LogP contribution >= 0.6 is 0 Å². The molecule has 182 valence electrons. The van der Waals surface area contributed by atoms with Crippen LogP contribution in [0, 0.1) is 0 Å². The maximum atomic E-state index is 13.2. The summed E-state index contributed by atoms with van der Waals surface area (Å²) in [6, 6.07) is 5.07. The van der Waals surface area contributed by atoms with E-state index in [4.69, 9.17) is 4.74 Å². The Bertz CT molecular complexity index is 969. The maximum absolute atomic E-state index is 13.2. The van der Waals surface area contributed by atoms with Gasteiger partial charge < -0.3 is 19.4 Å². The molecule has 9 nitrogen and oxygen atoms in total. The molecule has 0 spiro atoms. The number of fused-ring (bicyclic) bond motifs is 1. The lowest BCUT2D eigenvalue weighted by Gasteiger charge is -2.33. The van der Waals surface area contributed by atoms with E-state index >= 15 is 0 Å². The van der Waals surface area contributed by atoms with Gasteiger partial charge in [0.05, 0.1) is 18.1 Å². The van der Waals surface area contributed by atoms with Crippen molar-refractivity contribution in [2.24, 2.45) is 0 Å². The third kappa shape index (κ3) is 5.40. The van der Waals surface area contributed by atoms with Gasteiger partial charge in [-0.25, -0.2) is 8.42 Å². The van der Waals surface area contributed by atoms with Crippen molar-refractivity contribution in [3.8, 4) is 0 Å². The number of amides is 2. The van der Waals surface area contributed by atoms with Gasteiger partial charge in [0.1, 0.15) is 0 Å². The van der Waals surface area contributed by atoms with E-state index in [0.717, 1.165) is 37.3 Å². The predicted molar refractivity (Wildman–Crippen MR) is 125 cm³/mol. The van der Waals surface area contributed by atoms with Gasteiger partial charge in [-0.15, -0.1) is 0 Å². The first-order valence-electron chi connectivity index (χ1n) is 11.9. The number of carbonyl (C=O) groups excluding carboxylic acids is 2. The van der Waals surface area contributed by atoms with E-state index in [1.807, 2.05) is 0 Å². The van der Waals surface area contributed by atoms with E-state index in [9.17, 15) is 18.0 Å². The normalized spacial score (nSPS) is 20.2. The number of ether oxygens (including phenoxy) is 1. The molecule has 2 amide bonds. The molecule has 3 aliphatic rings. The summed E-state index contributed by atoms with van der Waals surface area (Å²) < 4.78 is 33.2. The Morgan fingerprint density at radius 2 is 1.64 bits per heavy atom. The summed E-state index contributed by atoms with van der Waals surface area (Å²) in [7, 11) is -3.55. The number of piperazine rings is 1. The minimum Gasteiger partial charge on any atom is -0.378 e. The highest BCUT2D eigenvalue weighted by molar-refractivity contribution is 7.89. The molecule has 0 unspecified atom stereocenters. The highest BCUT2D eigenvalue weighted by Gasteiger charge is 2.31. The molecule has 4 rings (SSSR count). The minimum absolute atomic E-state index is 0.0217. The van der Waals surface area contributed by atoms with Crippen LogP contribution in [0.5, 0.6) is 0 Å². The number of nitrogens with zero attached hydrogens (tertiary/aromatic N) is 4. The lowest BCUT2D eigenvalue weighted by atomic mass is 10.2. The summed E-state index contributed by atoms with van der Waals surface area (Å²) in [6.45, 7) is 8.37. The van der Waals surface area contributed by atoms with Gasteiger partial charge in [-0.1, -0.05) is 6.92 Å². The van der Waals surface area contributed by atoms with Crippen LogP contribution in [-0.4, -0.2) is 99.9 Å². The quantitative estimate of drug-likeness (QED) is 0.579. The van der Waals surface area contributed by atoms with Gasteiger partial charge in [-0.2, -0.15) is 4.31 Å². The van der Waals surface area contributed by atoms with Crippen molar-refractivity contribution >= 4 is 27.5 Å². The number of rotatable bonds is 7. The Balaban J connectivity index is 1.37. The topological polar surface area (TPSA) is 90.5 Å². The predicted octanol–water partition coefficient (Wildman–Crippen LogP) is 0.931. The number of anilines is 1. The minimum atomic E-state index is -3.55. The molecule has 0 aromatic heterocycles. The number of morpholine rings is 1. The van der Waals surface area contributed by atoms with E-state index in [1.165, 1.54) is 0 Å². The van der Waals surface area contributed by atoms with Gasteiger partial charge in [-0.3, -0.25) is 9.59 Å². The molecule has 0 atom stereocenters. The first kappa shape index (κ1) is 24.1. The standard InChI is InChI=1S/C23H34N4O5S/c1-2-8-24-10-12-26(13-11-24)33(30,31)20-3-4-21-19(18-20)7-9-27(21)23(29)6-5-22(28)25-14-16-32-17-15-25/h3-4,18H,2,5-17H2,1H3. The smallest absolute Gasteiger partial charge is 0.243 e. The number of sulfonamides is 1. The van der Waals surface area contributed by atoms with Crippen molar-refractivity contribution in [1.82, 2.24) is 14.1 Å². The van der Waals surface area contributed by atoms with E-state index in [1.54, 1.807) is 32.3 Å². The Morgan fingerprint density at radius 3 is 2.33 bits per heavy atom. The van der Waals surface area contributed by atoms with Crippen LogP contribution in [0.1, 0.15) is 31.7 Å². The van der Waals surface area contributed by atoms with Gasteiger partial charge in [-0.05, 0) is 43.1 Å². The van der Waals surface area contributed by atoms with Crippen molar-refractivity contribution in [3.05, 3.63) is 23.8 Å². The molecule has 2 saturated heterocycles. The molecule has 0 N–H and O–H groups in total. The fourth-order valence-corrected chi connectivity index (χ4v) is 6.25. The molecule has 33 heavy (non-hydrogen) atoms. The summed E-state index contributed by atoms with van der Waals surface area (Å²) >= 11 is 0. The fraction of sp³-hybridized carbons (Fsp3) is 0.652. The average Bonchev–Trinajstić information content (AvgIpc) is 3.27. The van der Waals surface area contributed by atoms with Gasteiger partial charge in [0.15, 0.2) is 0 Å². The molecule has 0 radical (unpaired) electrons. The molecule has 10 heteroatoms. The first-order chi connectivity index (χ1) is 15.9. The SMILES string of the molecule is CCCN1CCN(S(=O)(=O)c2ccc3c(c2)CCN3C(=O)CCC(=O)N2CCOCC2)CC1. The second-order valence-corrected chi connectivity index (χ2v) is 10.8. The zero-order valence-corrected chi connectivity index (χ0v) is 20.2. The Morgan fingerprint density at radius 1 is 0.939 bits per heavy atom. The van der Waals surface area contributed by atoms with Crippen LogP contribution in [0.25, 0.3) is 0 Å². The Kier molecular flexibility index (Phi) is 7.68. The van der Waals surface area contributed by atoms with E-state index in [2.05, 4.69) is 11.8 Å². The zero-order chi connectivity index (χ0) is 23.4. The zero-order valence-electron chi connectivity index (χ0n) is 19.4. The molecule has 1 aromatic carbocycles. The van der Waals surface area contributed by atoms with Crippen molar-refractivity contribution in [1.29, 1.82) is 0 Å². The Hall–Kier alpha value is -2.01. The monoisotopic (exact) mass is 478 g/mol. The van der Waals surface area contributed by atoms with E-state index < -0.39 is 10.0 Å². The van der Waals surface area contributed by atoms with Crippen LogP contribution in [0.15, 0.2) is 23.1 Å². The molecule has 3 heterocycles. The Labute approximate surface area is 196 Å². The second kappa shape index (κ2) is 10.5. The number of benzene rings is 1. The van der Waals surface area contributed by atoms with E-state index in [0.29, 0.717) is 57.3 Å². The molecule has 0 aliphatic carbocycles. The summed E-state index contributed by atoms with van der Waals surface area (Å²) in [5.41, 5.74) is 1.62. The molecule has 2 fully saturated rings. The van der Waals surface area contributed by atoms with Gasteiger partial charge in [0, 0.05) is 64.3 Å². The van der Waals surface area contributed by atoms with Crippen molar-refractivity contribution in [2.75, 3.05) is 70.5 Å². The number of hydrogen-bond acceptors (Lipinski definition) is 6. The average molecular weight is 479 g/mol. The summed E-state index contributed by atoms with van der Waals surface area (Å²) in [5, 5.41) is 0. The molecule has 1 aromatic rings. The lowest BCUT2D eigenvalue weighted by molar-refractivity contribution is -0.136. The summed E-state index contributed by atoms with van der Waals surface area (Å²) in [6.07, 6.45) is 2.01. The molecular weight excluding hydrogens is 444 g/mol. The molecule has 0 bridgehead atoms. The largest absolute Gasteiger partial charge is 0.378 e. The van der Waals surface area contributed by atoms with Crippen LogP contribution in [0.3, 0.4) is 0 Å². The molecule has 3 aliphatic heterocycles. The lowest BCUT2D eigenvalue weighted by Crippen LogP contribution is -2.48. The van der Waals surface area contributed by atoms with Crippen LogP contribution in [-0.2, 0) is 30.8 Å². The summed E-state index contributed by atoms with van der Waals surface area (Å²) in [5.74, 6) is -0.121.